The van der Waals surface area contributed by atoms with Gasteiger partial charge in [-0.2, -0.15) is 0 Å². The lowest BCUT2D eigenvalue weighted by atomic mass is 10.0. The molecule has 0 aliphatic heterocycles. The summed E-state index contributed by atoms with van der Waals surface area (Å²) >= 11 is 0. The van der Waals surface area contributed by atoms with E-state index in [0.29, 0.717) is 6.42 Å². The van der Waals surface area contributed by atoms with Crippen LogP contribution in [0.15, 0.2) is 36.5 Å². The number of carbonyl (C=O) groups is 1. The van der Waals surface area contributed by atoms with Crippen LogP contribution in [0.25, 0.3) is 0 Å². The second kappa shape index (κ2) is 5.75. The van der Waals surface area contributed by atoms with Crippen molar-refractivity contribution in [2.75, 3.05) is 5.32 Å². The Labute approximate surface area is 129 Å². The number of hydrogen-bond donors (Lipinski definition) is 2. The first-order chi connectivity index (χ1) is 10.6. The number of rotatable bonds is 4. The van der Waals surface area contributed by atoms with E-state index in [9.17, 15) is 9.90 Å². The van der Waals surface area contributed by atoms with Crippen LogP contribution in [0.2, 0.25) is 0 Å². The summed E-state index contributed by atoms with van der Waals surface area (Å²) in [6.45, 7) is 4.09. The first kappa shape index (κ1) is 14.5. The van der Waals surface area contributed by atoms with Gasteiger partial charge < -0.3 is 10.4 Å². The molecule has 2 aromatic rings. The molecule has 0 saturated heterocycles. The first-order valence-electron chi connectivity index (χ1n) is 7.47. The standard InChI is InChI=1S/C17H19N3O2/c1-10(2)16-18-8-7-15(20-16)19-14-9-13(17(21)22)11-5-3-4-6-12(11)14/h3-8,10,13-14H,9H2,1-2H3,(H,21,22)(H,18,19,20)/t13-,14+/m0/s1. The molecule has 0 spiro atoms. The number of carboxylic acid groups (broad SMARTS) is 1. The average Bonchev–Trinajstić information content (AvgIpc) is 2.87. The van der Waals surface area contributed by atoms with Crippen molar-refractivity contribution in [3.8, 4) is 0 Å². The number of hydrogen-bond acceptors (Lipinski definition) is 4. The van der Waals surface area contributed by atoms with Crippen LogP contribution in [-0.2, 0) is 4.79 Å². The summed E-state index contributed by atoms with van der Waals surface area (Å²) in [6, 6.07) is 9.50. The third kappa shape index (κ3) is 2.66. The molecule has 1 aliphatic rings. The molecule has 1 heterocycles. The zero-order chi connectivity index (χ0) is 15.7. The van der Waals surface area contributed by atoms with Gasteiger partial charge in [-0.05, 0) is 23.6 Å². The van der Waals surface area contributed by atoms with Crippen LogP contribution in [0, 0.1) is 0 Å². The van der Waals surface area contributed by atoms with Gasteiger partial charge in [-0.3, -0.25) is 4.79 Å². The molecule has 0 bridgehead atoms. The van der Waals surface area contributed by atoms with Gasteiger partial charge in [-0.1, -0.05) is 38.1 Å². The van der Waals surface area contributed by atoms with Crippen LogP contribution in [0.1, 0.15) is 55.1 Å². The Balaban J connectivity index is 1.88. The Bertz CT molecular complexity index is 700. The van der Waals surface area contributed by atoms with Gasteiger partial charge in [0, 0.05) is 12.1 Å². The number of anilines is 1. The van der Waals surface area contributed by atoms with Crippen molar-refractivity contribution in [1.29, 1.82) is 0 Å². The molecule has 5 heteroatoms. The quantitative estimate of drug-likeness (QED) is 0.905. The van der Waals surface area contributed by atoms with E-state index in [-0.39, 0.29) is 12.0 Å². The molecule has 0 radical (unpaired) electrons. The number of nitrogens with zero attached hydrogens (tertiary/aromatic N) is 2. The minimum Gasteiger partial charge on any atom is -0.481 e. The van der Waals surface area contributed by atoms with E-state index in [4.69, 9.17) is 0 Å². The average molecular weight is 297 g/mol. The smallest absolute Gasteiger partial charge is 0.311 e. The normalized spacial score (nSPS) is 20.0. The SMILES string of the molecule is CC(C)c1nccc(N[C@@H]2C[C@H](C(=O)O)c3ccccc32)n1. The number of aliphatic carboxylic acids is 1. The summed E-state index contributed by atoms with van der Waals surface area (Å²) in [7, 11) is 0. The van der Waals surface area contributed by atoms with Crippen LogP contribution < -0.4 is 5.32 Å². The summed E-state index contributed by atoms with van der Waals surface area (Å²) in [5.41, 5.74) is 1.94. The fourth-order valence-electron chi connectivity index (χ4n) is 2.92. The van der Waals surface area contributed by atoms with Gasteiger partial charge in [0.2, 0.25) is 0 Å². The summed E-state index contributed by atoms with van der Waals surface area (Å²) in [5.74, 6) is 0.544. The molecule has 5 nitrogen and oxygen atoms in total. The van der Waals surface area contributed by atoms with Crippen LogP contribution in [-0.4, -0.2) is 21.0 Å². The molecule has 3 rings (SSSR count). The highest BCUT2D eigenvalue weighted by Gasteiger charge is 2.35. The fraction of sp³-hybridized carbons (Fsp3) is 0.353. The third-order valence-electron chi connectivity index (χ3n) is 4.03. The molecular weight excluding hydrogens is 278 g/mol. The highest BCUT2D eigenvalue weighted by molar-refractivity contribution is 5.78. The zero-order valence-electron chi connectivity index (χ0n) is 12.7. The van der Waals surface area contributed by atoms with Crippen LogP contribution in [0.5, 0.6) is 0 Å². The Hall–Kier alpha value is -2.43. The maximum absolute atomic E-state index is 11.5. The number of nitrogens with one attached hydrogen (secondary N) is 1. The maximum Gasteiger partial charge on any atom is 0.311 e. The lowest BCUT2D eigenvalue weighted by molar-refractivity contribution is -0.138. The van der Waals surface area contributed by atoms with Gasteiger partial charge in [-0.25, -0.2) is 9.97 Å². The molecule has 2 N–H and O–H groups in total. The third-order valence-corrected chi connectivity index (χ3v) is 4.03. The van der Waals surface area contributed by atoms with Gasteiger partial charge in [0.25, 0.3) is 0 Å². The molecule has 0 saturated carbocycles. The number of fused-ring (bicyclic) bond motifs is 1. The van der Waals surface area contributed by atoms with Crippen molar-refractivity contribution in [3.05, 3.63) is 53.5 Å². The van der Waals surface area contributed by atoms with Crippen LogP contribution in [0.3, 0.4) is 0 Å². The molecule has 1 aromatic heterocycles. The lowest BCUT2D eigenvalue weighted by Gasteiger charge is -2.15. The Morgan fingerprint density at radius 1 is 1.27 bits per heavy atom. The van der Waals surface area contributed by atoms with E-state index < -0.39 is 11.9 Å². The van der Waals surface area contributed by atoms with Gasteiger partial charge in [0.1, 0.15) is 11.6 Å². The van der Waals surface area contributed by atoms with Gasteiger partial charge in [-0.15, -0.1) is 0 Å². The van der Waals surface area contributed by atoms with Crippen molar-refractivity contribution in [2.24, 2.45) is 0 Å². The molecule has 0 fully saturated rings. The maximum atomic E-state index is 11.5. The first-order valence-corrected chi connectivity index (χ1v) is 7.47. The second-order valence-corrected chi connectivity index (χ2v) is 5.91. The molecule has 1 aliphatic carbocycles. The molecule has 0 unspecified atom stereocenters. The van der Waals surface area contributed by atoms with E-state index in [1.165, 1.54) is 0 Å². The van der Waals surface area contributed by atoms with E-state index >= 15 is 0 Å². The Morgan fingerprint density at radius 3 is 2.68 bits per heavy atom. The van der Waals surface area contributed by atoms with Crippen molar-refractivity contribution in [1.82, 2.24) is 9.97 Å². The minimum absolute atomic E-state index is 0.0350. The molecule has 0 amide bonds. The summed E-state index contributed by atoms with van der Waals surface area (Å²) in [4.78, 5) is 20.2. The fourth-order valence-corrected chi connectivity index (χ4v) is 2.92. The topological polar surface area (TPSA) is 75.1 Å². The Kier molecular flexibility index (Phi) is 3.79. The predicted octanol–water partition coefficient (Wildman–Crippen LogP) is 3.33. The summed E-state index contributed by atoms with van der Waals surface area (Å²) < 4.78 is 0. The number of carboxylic acids is 1. The van der Waals surface area contributed by atoms with Crippen LogP contribution in [0.4, 0.5) is 5.82 Å². The molecule has 22 heavy (non-hydrogen) atoms. The zero-order valence-corrected chi connectivity index (χ0v) is 12.7. The molecule has 1 aromatic carbocycles. The van der Waals surface area contributed by atoms with E-state index in [1.807, 2.05) is 44.2 Å². The van der Waals surface area contributed by atoms with E-state index in [2.05, 4.69) is 15.3 Å². The number of benzene rings is 1. The predicted molar refractivity (Wildman–Crippen MR) is 83.9 cm³/mol. The summed E-state index contributed by atoms with van der Waals surface area (Å²) in [5, 5.41) is 12.8. The highest BCUT2D eigenvalue weighted by atomic mass is 16.4. The second-order valence-electron chi connectivity index (χ2n) is 5.91. The van der Waals surface area contributed by atoms with E-state index in [1.54, 1.807) is 6.20 Å². The van der Waals surface area contributed by atoms with Gasteiger partial charge in [0.15, 0.2) is 0 Å². The van der Waals surface area contributed by atoms with Crippen molar-refractivity contribution >= 4 is 11.8 Å². The molecular formula is C17H19N3O2. The lowest BCUT2D eigenvalue weighted by Crippen LogP contribution is -2.12. The van der Waals surface area contributed by atoms with Gasteiger partial charge >= 0.3 is 5.97 Å². The largest absolute Gasteiger partial charge is 0.481 e. The monoisotopic (exact) mass is 297 g/mol. The van der Waals surface area contributed by atoms with Crippen LogP contribution >= 0.6 is 0 Å². The van der Waals surface area contributed by atoms with Gasteiger partial charge in [0.05, 0.1) is 12.0 Å². The molecule has 2 atom stereocenters. The van der Waals surface area contributed by atoms with Crippen molar-refractivity contribution in [2.45, 2.75) is 38.1 Å². The molecule has 114 valence electrons. The number of aromatic nitrogens is 2. The van der Waals surface area contributed by atoms with E-state index in [0.717, 1.165) is 22.8 Å². The Morgan fingerprint density at radius 2 is 2.00 bits per heavy atom. The highest BCUT2D eigenvalue weighted by Crippen LogP contribution is 2.41. The van der Waals surface area contributed by atoms with Crippen molar-refractivity contribution < 1.29 is 9.90 Å². The van der Waals surface area contributed by atoms with Crippen molar-refractivity contribution in [3.63, 3.8) is 0 Å². The minimum atomic E-state index is -0.776. The summed E-state index contributed by atoms with van der Waals surface area (Å²) in [6.07, 6.45) is 2.27.